The number of aliphatic hydroxyl groups is 1. The smallest absolute Gasteiger partial charge is 0.253 e. The molecule has 35 heavy (non-hydrogen) atoms. The van der Waals surface area contributed by atoms with Crippen LogP contribution in [0.5, 0.6) is 5.75 Å². The highest BCUT2D eigenvalue weighted by atomic mass is 32.2. The van der Waals surface area contributed by atoms with Crippen LogP contribution in [0.4, 0.5) is 0 Å². The van der Waals surface area contributed by atoms with Crippen molar-refractivity contribution < 1.29 is 23.1 Å². The van der Waals surface area contributed by atoms with Gasteiger partial charge in [0.2, 0.25) is 10.0 Å². The fourth-order valence-electron chi connectivity index (χ4n) is 3.82. The first-order chi connectivity index (χ1) is 16.5. The molecular formula is C26H33N3O5S. The predicted molar refractivity (Wildman–Crippen MR) is 133 cm³/mol. The van der Waals surface area contributed by atoms with Crippen molar-refractivity contribution in [2.45, 2.75) is 44.7 Å². The molecule has 1 aliphatic heterocycles. The lowest BCUT2D eigenvalue weighted by atomic mass is 10.0. The number of rotatable bonds is 5. The zero-order chi connectivity index (χ0) is 25.8. The van der Waals surface area contributed by atoms with E-state index in [0.717, 1.165) is 0 Å². The van der Waals surface area contributed by atoms with Gasteiger partial charge in [-0.3, -0.25) is 9.78 Å². The first kappa shape index (κ1) is 26.7. The van der Waals surface area contributed by atoms with Crippen LogP contribution in [0.1, 0.15) is 43.6 Å². The molecule has 1 amide bonds. The summed E-state index contributed by atoms with van der Waals surface area (Å²) in [5.74, 6) is 6.03. The number of nitrogens with zero attached hydrogens (tertiary/aromatic N) is 3. The molecule has 3 rings (SSSR count). The number of benzene rings is 1. The normalized spacial score (nSPS) is 20.4. The van der Waals surface area contributed by atoms with Gasteiger partial charge in [-0.15, -0.1) is 0 Å². The molecule has 0 bridgehead atoms. The number of hydrogen-bond acceptors (Lipinski definition) is 6. The van der Waals surface area contributed by atoms with E-state index >= 15 is 0 Å². The second-order valence-corrected chi connectivity index (χ2v) is 11.1. The Balaban J connectivity index is 2.02. The Morgan fingerprint density at radius 2 is 1.94 bits per heavy atom. The Morgan fingerprint density at radius 3 is 2.57 bits per heavy atom. The van der Waals surface area contributed by atoms with Crippen molar-refractivity contribution in [1.82, 2.24) is 14.2 Å². The van der Waals surface area contributed by atoms with Crippen LogP contribution in [0, 0.1) is 23.7 Å². The van der Waals surface area contributed by atoms with E-state index in [-0.39, 0.29) is 48.1 Å². The Labute approximate surface area is 208 Å². The molecule has 2 aromatic rings. The first-order valence-corrected chi connectivity index (χ1v) is 13.1. The van der Waals surface area contributed by atoms with E-state index in [0.29, 0.717) is 11.1 Å². The molecule has 2 heterocycles. The molecule has 0 saturated heterocycles. The summed E-state index contributed by atoms with van der Waals surface area (Å²) in [5, 5.41) is 9.78. The molecule has 3 atom stereocenters. The van der Waals surface area contributed by atoms with E-state index in [4.69, 9.17) is 4.74 Å². The van der Waals surface area contributed by atoms with Gasteiger partial charge in [-0.1, -0.05) is 32.6 Å². The van der Waals surface area contributed by atoms with Gasteiger partial charge in [-0.25, -0.2) is 8.42 Å². The highest BCUT2D eigenvalue weighted by Crippen LogP contribution is 2.34. The van der Waals surface area contributed by atoms with Crippen LogP contribution in [0.25, 0.3) is 0 Å². The minimum atomic E-state index is -3.93. The number of aliphatic hydroxyl groups excluding tert-OH is 1. The van der Waals surface area contributed by atoms with Crippen LogP contribution in [-0.2, 0) is 10.0 Å². The Kier molecular flexibility index (Phi) is 8.54. The van der Waals surface area contributed by atoms with E-state index < -0.39 is 22.2 Å². The number of amides is 1. The van der Waals surface area contributed by atoms with Crippen molar-refractivity contribution in [3.8, 4) is 17.6 Å². The van der Waals surface area contributed by atoms with Gasteiger partial charge < -0.3 is 14.7 Å². The van der Waals surface area contributed by atoms with Gasteiger partial charge in [-0.2, -0.15) is 4.31 Å². The van der Waals surface area contributed by atoms with E-state index in [1.807, 2.05) is 20.8 Å². The molecule has 0 unspecified atom stereocenters. The number of aromatic nitrogens is 1. The van der Waals surface area contributed by atoms with E-state index in [1.165, 1.54) is 10.4 Å². The molecule has 1 aromatic heterocycles. The third-order valence-electron chi connectivity index (χ3n) is 5.90. The minimum Gasteiger partial charge on any atom is -0.487 e. The summed E-state index contributed by atoms with van der Waals surface area (Å²) in [6.07, 6.45) is 2.62. The molecular weight excluding hydrogens is 466 g/mol. The molecule has 0 fully saturated rings. The minimum absolute atomic E-state index is 0.0212. The highest BCUT2D eigenvalue weighted by Gasteiger charge is 2.38. The van der Waals surface area contributed by atoms with Crippen molar-refractivity contribution >= 4 is 15.9 Å². The summed E-state index contributed by atoms with van der Waals surface area (Å²) in [6, 6.07) is 7.48. The Bertz CT molecular complexity index is 1200. The number of sulfonamides is 1. The summed E-state index contributed by atoms with van der Waals surface area (Å²) < 4.78 is 34.7. The van der Waals surface area contributed by atoms with E-state index in [9.17, 15) is 18.3 Å². The second kappa shape index (κ2) is 11.2. The zero-order valence-electron chi connectivity index (χ0n) is 20.8. The maximum absolute atomic E-state index is 13.6. The van der Waals surface area contributed by atoms with E-state index in [1.54, 1.807) is 55.5 Å². The number of ether oxygens (including phenoxy) is 1. The SMILES string of the molecule is CC(C)C#Cc1ccc2c(c1)O[C@@H](CN(C)C(=O)c1ccncc1)[C@H](C)CN([C@@H](C)CO)S2(=O)=O. The fraction of sp³-hybridized carbons (Fsp3) is 0.462. The monoisotopic (exact) mass is 499 g/mol. The van der Waals surface area contributed by atoms with Crippen molar-refractivity contribution in [2.75, 3.05) is 26.7 Å². The molecule has 0 saturated carbocycles. The maximum atomic E-state index is 13.6. The molecule has 1 aromatic carbocycles. The summed E-state index contributed by atoms with van der Waals surface area (Å²) in [6.45, 7) is 7.57. The zero-order valence-corrected chi connectivity index (χ0v) is 21.6. The number of carbonyl (C=O) groups is 1. The largest absolute Gasteiger partial charge is 0.487 e. The third-order valence-corrected chi connectivity index (χ3v) is 7.92. The number of likely N-dealkylation sites (N-methyl/N-ethyl adjacent to an activating group) is 1. The molecule has 9 heteroatoms. The Morgan fingerprint density at radius 1 is 1.26 bits per heavy atom. The highest BCUT2D eigenvalue weighted by molar-refractivity contribution is 7.89. The number of pyridine rings is 1. The standard InChI is InChI=1S/C26H33N3O5S/c1-18(2)6-7-21-8-9-25-23(14-21)34-24(16-28(5)26(31)22-10-12-27-13-11-22)19(3)15-29(20(4)17-30)35(25,32)33/h8-14,18-20,24,30H,15-17H2,1-5H3/t19-,20+,24+/m1/s1. The molecule has 1 aliphatic rings. The summed E-state index contributed by atoms with van der Waals surface area (Å²) in [5.41, 5.74) is 1.15. The number of hydrogen-bond donors (Lipinski definition) is 1. The molecule has 0 radical (unpaired) electrons. The number of fused-ring (bicyclic) bond motifs is 1. The summed E-state index contributed by atoms with van der Waals surface area (Å²) in [7, 11) is -2.25. The van der Waals surface area contributed by atoms with Gasteiger partial charge in [-0.05, 0) is 37.3 Å². The van der Waals surface area contributed by atoms with Gasteiger partial charge in [0.25, 0.3) is 5.91 Å². The van der Waals surface area contributed by atoms with Crippen molar-refractivity contribution in [2.24, 2.45) is 11.8 Å². The second-order valence-electron chi connectivity index (χ2n) is 9.25. The third kappa shape index (κ3) is 6.20. The average molecular weight is 500 g/mol. The van der Waals surface area contributed by atoms with Gasteiger partial charge in [0, 0.05) is 55.0 Å². The molecule has 0 aliphatic carbocycles. The summed E-state index contributed by atoms with van der Waals surface area (Å²) in [4.78, 5) is 18.5. The van der Waals surface area contributed by atoms with Crippen molar-refractivity contribution in [3.05, 3.63) is 53.9 Å². The van der Waals surface area contributed by atoms with Crippen LogP contribution < -0.4 is 4.74 Å². The van der Waals surface area contributed by atoms with Gasteiger partial charge >= 0.3 is 0 Å². The van der Waals surface area contributed by atoms with Gasteiger partial charge in [0.05, 0.1) is 13.2 Å². The fourth-order valence-corrected chi connectivity index (χ4v) is 5.64. The van der Waals surface area contributed by atoms with E-state index in [2.05, 4.69) is 16.8 Å². The lowest BCUT2D eigenvalue weighted by Gasteiger charge is -2.37. The lowest BCUT2D eigenvalue weighted by Crippen LogP contribution is -2.50. The maximum Gasteiger partial charge on any atom is 0.253 e. The van der Waals surface area contributed by atoms with Gasteiger partial charge in [0.1, 0.15) is 16.7 Å². The van der Waals surface area contributed by atoms with Crippen LogP contribution in [-0.4, -0.2) is 72.5 Å². The Hall–Kier alpha value is -2.93. The van der Waals surface area contributed by atoms with Crippen molar-refractivity contribution in [3.63, 3.8) is 0 Å². The summed E-state index contributed by atoms with van der Waals surface area (Å²) >= 11 is 0. The van der Waals surface area contributed by atoms with Crippen molar-refractivity contribution in [1.29, 1.82) is 0 Å². The van der Waals surface area contributed by atoms with Crippen LogP contribution in [0.3, 0.4) is 0 Å². The van der Waals surface area contributed by atoms with Gasteiger partial charge in [0.15, 0.2) is 0 Å². The quantitative estimate of drug-likeness (QED) is 0.635. The average Bonchev–Trinajstić information content (AvgIpc) is 2.84. The molecule has 0 spiro atoms. The molecule has 8 nitrogen and oxygen atoms in total. The number of carbonyl (C=O) groups excluding carboxylic acids is 1. The van der Waals surface area contributed by atoms with Crippen LogP contribution in [0.2, 0.25) is 0 Å². The van der Waals surface area contributed by atoms with Crippen LogP contribution >= 0.6 is 0 Å². The first-order valence-electron chi connectivity index (χ1n) is 11.6. The predicted octanol–water partition coefficient (Wildman–Crippen LogP) is 2.63. The molecule has 188 valence electrons. The molecule has 1 N–H and O–H groups in total. The van der Waals surface area contributed by atoms with Crippen LogP contribution in [0.15, 0.2) is 47.6 Å². The topological polar surface area (TPSA) is 100 Å². The lowest BCUT2D eigenvalue weighted by molar-refractivity contribution is 0.0563.